The molecule has 2 atom stereocenters. The molecule has 2 aromatic carbocycles. The van der Waals surface area contributed by atoms with E-state index in [1.54, 1.807) is 7.11 Å². The summed E-state index contributed by atoms with van der Waals surface area (Å²) in [6.45, 7) is 1.74. The molecular weight excluding hydrogens is 382 g/mol. The van der Waals surface area contributed by atoms with E-state index in [1.165, 1.54) is 11.8 Å². The molecule has 1 fully saturated rings. The number of ether oxygens (including phenoxy) is 2. The lowest BCUT2D eigenvalue weighted by molar-refractivity contribution is -0.135. The third-order valence-electron chi connectivity index (χ3n) is 5.34. The van der Waals surface area contributed by atoms with Crippen molar-refractivity contribution < 1.29 is 19.1 Å². The van der Waals surface area contributed by atoms with E-state index in [0.29, 0.717) is 24.5 Å². The van der Waals surface area contributed by atoms with Crippen molar-refractivity contribution in [1.82, 2.24) is 9.88 Å². The summed E-state index contributed by atoms with van der Waals surface area (Å²) in [5, 5.41) is 0.826. The zero-order valence-corrected chi connectivity index (χ0v) is 16.9. The van der Waals surface area contributed by atoms with Crippen LogP contribution in [-0.4, -0.2) is 47.5 Å². The fourth-order valence-corrected chi connectivity index (χ4v) is 3.84. The number of nitrogens with zero attached hydrogens (tertiary/aromatic N) is 2. The monoisotopic (exact) mass is 405 g/mol. The Morgan fingerprint density at radius 3 is 2.53 bits per heavy atom. The van der Waals surface area contributed by atoms with Crippen LogP contribution in [0.25, 0.3) is 22.2 Å². The van der Waals surface area contributed by atoms with Gasteiger partial charge in [-0.15, -0.1) is 0 Å². The summed E-state index contributed by atoms with van der Waals surface area (Å²) in [5.41, 5.74) is 7.95. The molecule has 0 spiro atoms. The zero-order valence-electron chi connectivity index (χ0n) is 16.9. The van der Waals surface area contributed by atoms with E-state index < -0.39 is 11.9 Å². The number of nitrogens with two attached hydrogens (primary N) is 1. The maximum atomic E-state index is 11.9. The molecule has 7 heteroatoms. The number of benzene rings is 2. The van der Waals surface area contributed by atoms with Crippen molar-refractivity contribution in [3.8, 4) is 22.8 Å². The minimum absolute atomic E-state index is 0.195. The molecule has 1 aromatic heterocycles. The number of rotatable bonds is 5. The Kier molecular flexibility index (Phi) is 5.27. The van der Waals surface area contributed by atoms with Gasteiger partial charge in [-0.2, -0.15) is 0 Å². The molecule has 1 aliphatic rings. The van der Waals surface area contributed by atoms with Crippen molar-refractivity contribution in [1.29, 1.82) is 0 Å². The average molecular weight is 405 g/mol. The molecule has 4 rings (SSSR count). The fourth-order valence-electron chi connectivity index (χ4n) is 3.84. The van der Waals surface area contributed by atoms with E-state index in [0.717, 1.165) is 22.2 Å². The first-order valence-electron chi connectivity index (χ1n) is 9.73. The van der Waals surface area contributed by atoms with Gasteiger partial charge in [0.2, 0.25) is 11.8 Å². The van der Waals surface area contributed by atoms with Crippen LogP contribution in [0.3, 0.4) is 0 Å². The van der Waals surface area contributed by atoms with Gasteiger partial charge in [-0.3, -0.25) is 9.59 Å². The molecule has 2 amide bonds. The van der Waals surface area contributed by atoms with Crippen LogP contribution in [0.15, 0.2) is 54.6 Å². The predicted molar refractivity (Wildman–Crippen MR) is 113 cm³/mol. The second-order valence-electron chi connectivity index (χ2n) is 7.32. The van der Waals surface area contributed by atoms with Gasteiger partial charge in [-0.05, 0) is 12.1 Å². The highest BCUT2D eigenvalue weighted by Crippen LogP contribution is 2.34. The first kappa shape index (κ1) is 19.7. The summed E-state index contributed by atoms with van der Waals surface area (Å²) >= 11 is 0. The van der Waals surface area contributed by atoms with Crippen molar-refractivity contribution in [2.45, 2.75) is 25.5 Å². The lowest BCUT2D eigenvalue weighted by atomic mass is 10.1. The topological polar surface area (TPSA) is 94.8 Å². The molecule has 0 aliphatic carbocycles. The first-order chi connectivity index (χ1) is 14.5. The molecule has 30 heavy (non-hydrogen) atoms. The minimum Gasteiger partial charge on any atom is -0.497 e. The second kappa shape index (κ2) is 8.02. The van der Waals surface area contributed by atoms with Gasteiger partial charge < -0.3 is 20.1 Å². The summed E-state index contributed by atoms with van der Waals surface area (Å²) in [7, 11) is 1.61. The molecule has 3 aromatic rings. The lowest BCUT2D eigenvalue weighted by Gasteiger charge is -2.19. The van der Waals surface area contributed by atoms with Crippen LogP contribution < -0.4 is 15.2 Å². The molecule has 0 radical (unpaired) electrons. The minimum atomic E-state index is -0.658. The van der Waals surface area contributed by atoms with Crippen LogP contribution >= 0.6 is 0 Å². The Labute approximate surface area is 174 Å². The Morgan fingerprint density at radius 1 is 1.13 bits per heavy atom. The number of amides is 2. The van der Waals surface area contributed by atoms with Crippen molar-refractivity contribution >= 4 is 22.7 Å². The molecule has 0 saturated carbocycles. The highest BCUT2D eigenvalue weighted by Gasteiger charge is 2.38. The summed E-state index contributed by atoms with van der Waals surface area (Å²) in [4.78, 5) is 30.0. The first-order valence-corrected chi connectivity index (χ1v) is 9.73. The number of aromatic nitrogens is 1. The molecular formula is C23H23N3O4. The number of carbonyl (C=O) groups is 2. The number of fused-ring (bicyclic) bond motifs is 1. The third-order valence-corrected chi connectivity index (χ3v) is 5.34. The van der Waals surface area contributed by atoms with Gasteiger partial charge >= 0.3 is 0 Å². The summed E-state index contributed by atoms with van der Waals surface area (Å²) in [6.07, 6.45) is 0.0120. The van der Waals surface area contributed by atoms with Gasteiger partial charge in [0.25, 0.3) is 0 Å². The van der Waals surface area contributed by atoms with Gasteiger partial charge in [0, 0.05) is 36.4 Å². The second-order valence-corrected chi connectivity index (χ2v) is 7.32. The van der Waals surface area contributed by atoms with Crippen molar-refractivity contribution in [3.63, 3.8) is 0 Å². The number of likely N-dealkylation sites (tertiary alicyclic amines) is 1. The van der Waals surface area contributed by atoms with Gasteiger partial charge in [0.1, 0.15) is 23.6 Å². The number of methoxy groups -OCH3 is 1. The lowest BCUT2D eigenvalue weighted by Crippen LogP contribution is -2.42. The standard InChI is InChI=1S/C23H23N3O4/c1-14(27)26-13-17(11-21(26)23(24)28)30-22-12-19(15-6-4-3-5-7-15)25-20-10-16(29-2)8-9-18(20)22/h3-10,12,17,21H,11,13H2,1-2H3,(H2,24,28)/t17?,21-/m0/s1. The van der Waals surface area contributed by atoms with E-state index in [-0.39, 0.29) is 12.0 Å². The predicted octanol–water partition coefficient (Wildman–Crippen LogP) is 2.76. The van der Waals surface area contributed by atoms with Gasteiger partial charge in [-0.1, -0.05) is 30.3 Å². The Morgan fingerprint density at radius 2 is 1.90 bits per heavy atom. The molecule has 7 nitrogen and oxygen atoms in total. The molecule has 1 aliphatic heterocycles. The van der Waals surface area contributed by atoms with E-state index in [1.807, 2.05) is 54.6 Å². The summed E-state index contributed by atoms with van der Waals surface area (Å²) in [5.74, 6) is 0.619. The highest BCUT2D eigenvalue weighted by molar-refractivity contribution is 5.89. The molecule has 0 bridgehead atoms. The van der Waals surface area contributed by atoms with E-state index in [9.17, 15) is 9.59 Å². The zero-order chi connectivity index (χ0) is 21.3. The molecule has 2 heterocycles. The van der Waals surface area contributed by atoms with Crippen LogP contribution in [0, 0.1) is 0 Å². The van der Waals surface area contributed by atoms with Crippen LogP contribution in [0.4, 0.5) is 0 Å². The summed E-state index contributed by atoms with van der Waals surface area (Å²) < 4.78 is 11.6. The highest BCUT2D eigenvalue weighted by atomic mass is 16.5. The Hall–Kier alpha value is -3.61. The SMILES string of the molecule is COc1ccc2c(OC3C[C@@H](C(N)=O)N(C(C)=O)C3)cc(-c3ccccc3)nc2c1. The van der Waals surface area contributed by atoms with Crippen molar-refractivity contribution in [3.05, 3.63) is 54.6 Å². The number of hydrogen-bond acceptors (Lipinski definition) is 5. The Bertz CT molecular complexity index is 1080. The largest absolute Gasteiger partial charge is 0.497 e. The molecule has 1 unspecified atom stereocenters. The number of carbonyl (C=O) groups excluding carboxylic acids is 2. The fraction of sp³-hybridized carbons (Fsp3) is 0.261. The number of hydrogen-bond donors (Lipinski definition) is 1. The quantitative estimate of drug-likeness (QED) is 0.704. The van der Waals surface area contributed by atoms with Crippen LogP contribution in [-0.2, 0) is 9.59 Å². The van der Waals surface area contributed by atoms with E-state index in [4.69, 9.17) is 20.2 Å². The maximum absolute atomic E-state index is 11.9. The molecule has 1 saturated heterocycles. The normalized spacial score (nSPS) is 18.4. The van der Waals surface area contributed by atoms with Gasteiger partial charge in [0.05, 0.1) is 24.9 Å². The van der Waals surface area contributed by atoms with Crippen LogP contribution in [0.1, 0.15) is 13.3 Å². The average Bonchev–Trinajstić information content (AvgIpc) is 3.18. The summed E-state index contributed by atoms with van der Waals surface area (Å²) in [6, 6.07) is 16.6. The van der Waals surface area contributed by atoms with Gasteiger partial charge in [-0.25, -0.2) is 4.98 Å². The smallest absolute Gasteiger partial charge is 0.240 e. The van der Waals surface area contributed by atoms with Crippen molar-refractivity contribution in [2.24, 2.45) is 5.73 Å². The maximum Gasteiger partial charge on any atom is 0.240 e. The van der Waals surface area contributed by atoms with Crippen LogP contribution in [0.2, 0.25) is 0 Å². The number of primary amides is 1. The van der Waals surface area contributed by atoms with Crippen molar-refractivity contribution in [2.75, 3.05) is 13.7 Å². The Balaban J connectivity index is 1.74. The van der Waals surface area contributed by atoms with Gasteiger partial charge in [0.15, 0.2) is 0 Å². The van der Waals surface area contributed by atoms with Crippen LogP contribution in [0.5, 0.6) is 11.5 Å². The molecule has 2 N–H and O–H groups in total. The van der Waals surface area contributed by atoms with E-state index in [2.05, 4.69) is 0 Å². The third kappa shape index (κ3) is 3.78. The number of pyridine rings is 1. The molecule has 154 valence electrons. The van der Waals surface area contributed by atoms with E-state index >= 15 is 0 Å².